The van der Waals surface area contributed by atoms with Crippen molar-refractivity contribution in [3.8, 4) is 17.1 Å². The van der Waals surface area contributed by atoms with Crippen LogP contribution >= 0.6 is 0 Å². The number of rotatable bonds is 5. The van der Waals surface area contributed by atoms with Crippen LogP contribution in [0.4, 0.5) is 5.82 Å². The highest BCUT2D eigenvalue weighted by Crippen LogP contribution is 2.29. The van der Waals surface area contributed by atoms with Gasteiger partial charge in [-0.05, 0) is 43.9 Å². The Morgan fingerprint density at radius 2 is 1.87 bits per heavy atom. The molecule has 1 aliphatic carbocycles. The van der Waals surface area contributed by atoms with Crippen molar-refractivity contribution in [2.45, 2.75) is 37.8 Å². The molecule has 0 aromatic carbocycles. The summed E-state index contributed by atoms with van der Waals surface area (Å²) in [5, 5.41) is 12.2. The summed E-state index contributed by atoms with van der Waals surface area (Å²) in [4.78, 5) is 29.3. The summed E-state index contributed by atoms with van der Waals surface area (Å²) in [7, 11) is 0. The first-order valence-corrected chi connectivity index (χ1v) is 10.2. The van der Waals surface area contributed by atoms with Gasteiger partial charge in [0, 0.05) is 30.1 Å². The monoisotopic (exact) mass is 415 g/mol. The maximum Gasteiger partial charge on any atom is 0.267 e. The minimum atomic E-state index is -0.0737. The Bertz CT molecular complexity index is 1200. The van der Waals surface area contributed by atoms with Gasteiger partial charge in [0.2, 0.25) is 0 Å². The number of nitrogens with zero attached hydrogens (tertiary/aromatic N) is 8. The lowest BCUT2D eigenvalue weighted by Crippen LogP contribution is -2.33. The molecule has 4 aromatic heterocycles. The predicted octanol–water partition coefficient (Wildman–Crippen LogP) is 2.27. The lowest BCUT2D eigenvalue weighted by molar-refractivity contribution is 0.304. The van der Waals surface area contributed by atoms with Crippen molar-refractivity contribution in [3.05, 3.63) is 72.1 Å². The van der Waals surface area contributed by atoms with Crippen LogP contribution in [0.1, 0.15) is 31.7 Å². The van der Waals surface area contributed by atoms with Crippen molar-refractivity contribution in [1.29, 1.82) is 0 Å². The molecule has 0 atom stereocenters. The lowest BCUT2D eigenvalue weighted by atomic mass is 9.91. The molecule has 1 fully saturated rings. The summed E-state index contributed by atoms with van der Waals surface area (Å²) < 4.78 is 3.20. The molecular formula is C21H21N9O. The van der Waals surface area contributed by atoms with Gasteiger partial charge < -0.3 is 5.32 Å². The average molecular weight is 415 g/mol. The Hall–Kier alpha value is -3.95. The molecular weight excluding hydrogens is 394 g/mol. The van der Waals surface area contributed by atoms with Crippen LogP contribution in [0.2, 0.25) is 0 Å². The molecule has 31 heavy (non-hydrogen) atoms. The topological polar surface area (TPSA) is 116 Å². The van der Waals surface area contributed by atoms with Crippen molar-refractivity contribution in [2.75, 3.05) is 5.32 Å². The molecule has 1 N–H and O–H groups in total. The molecule has 4 heterocycles. The second-order valence-corrected chi connectivity index (χ2v) is 7.50. The zero-order chi connectivity index (χ0) is 21.0. The Morgan fingerprint density at radius 1 is 0.968 bits per heavy atom. The molecule has 0 unspecified atom stereocenters. The second-order valence-electron chi connectivity index (χ2n) is 7.50. The molecule has 0 spiro atoms. The van der Waals surface area contributed by atoms with E-state index in [1.54, 1.807) is 52.6 Å². The van der Waals surface area contributed by atoms with E-state index in [-0.39, 0.29) is 17.6 Å². The van der Waals surface area contributed by atoms with Crippen LogP contribution in [0, 0.1) is 0 Å². The quantitative estimate of drug-likeness (QED) is 0.528. The highest BCUT2D eigenvalue weighted by Gasteiger charge is 2.24. The van der Waals surface area contributed by atoms with E-state index in [1.165, 1.54) is 6.33 Å². The number of pyridine rings is 1. The Kier molecular flexibility index (Phi) is 5.17. The molecule has 0 saturated heterocycles. The van der Waals surface area contributed by atoms with Gasteiger partial charge in [-0.2, -0.15) is 10.2 Å². The van der Waals surface area contributed by atoms with Gasteiger partial charge in [-0.1, -0.05) is 0 Å². The fraction of sp³-hybridized carbons (Fsp3) is 0.286. The normalized spacial score (nSPS) is 18.6. The van der Waals surface area contributed by atoms with Crippen molar-refractivity contribution in [1.82, 2.24) is 39.5 Å². The number of hydrogen-bond acceptors (Lipinski definition) is 8. The van der Waals surface area contributed by atoms with Crippen LogP contribution in [-0.4, -0.2) is 45.5 Å². The van der Waals surface area contributed by atoms with Crippen molar-refractivity contribution in [3.63, 3.8) is 0 Å². The molecule has 1 saturated carbocycles. The number of aromatic nitrogens is 8. The van der Waals surface area contributed by atoms with E-state index in [9.17, 15) is 4.79 Å². The largest absolute Gasteiger partial charge is 0.366 e. The van der Waals surface area contributed by atoms with Gasteiger partial charge >= 0.3 is 0 Å². The zero-order valence-electron chi connectivity index (χ0n) is 16.7. The fourth-order valence-electron chi connectivity index (χ4n) is 3.89. The Labute approximate surface area is 178 Å². The number of anilines is 1. The molecule has 4 aromatic rings. The summed E-state index contributed by atoms with van der Waals surface area (Å²) in [5.41, 5.74) is 1.58. The van der Waals surface area contributed by atoms with Gasteiger partial charge in [0.15, 0.2) is 5.82 Å². The third kappa shape index (κ3) is 4.18. The molecule has 5 rings (SSSR count). The number of nitrogens with one attached hydrogen (secondary N) is 1. The molecule has 156 valence electrons. The Balaban J connectivity index is 1.26. The van der Waals surface area contributed by atoms with Gasteiger partial charge in [0.25, 0.3) is 5.56 Å². The van der Waals surface area contributed by atoms with E-state index in [2.05, 4.69) is 35.5 Å². The standard InChI is InChI=1S/C21H21N9O/c31-21-8-7-18(15-2-1-9-22-10-15)28-30(21)17-5-3-16(4-6-17)26-19-11-23-12-20(27-19)29-14-24-13-25-29/h1-2,7-14,16-17H,3-6H2,(H,26,27). The summed E-state index contributed by atoms with van der Waals surface area (Å²) in [6.45, 7) is 0. The highest BCUT2D eigenvalue weighted by molar-refractivity contribution is 5.56. The van der Waals surface area contributed by atoms with E-state index >= 15 is 0 Å². The van der Waals surface area contributed by atoms with Crippen LogP contribution in [0.25, 0.3) is 17.1 Å². The average Bonchev–Trinajstić information content (AvgIpc) is 3.36. The first-order chi connectivity index (χ1) is 15.3. The maximum atomic E-state index is 12.5. The van der Waals surface area contributed by atoms with Crippen molar-refractivity contribution >= 4 is 5.82 Å². The van der Waals surface area contributed by atoms with Crippen LogP contribution in [-0.2, 0) is 0 Å². The zero-order valence-corrected chi connectivity index (χ0v) is 16.7. The van der Waals surface area contributed by atoms with Crippen molar-refractivity contribution < 1.29 is 0 Å². The number of hydrogen-bond donors (Lipinski definition) is 1. The third-order valence-electron chi connectivity index (χ3n) is 5.45. The predicted molar refractivity (Wildman–Crippen MR) is 114 cm³/mol. The van der Waals surface area contributed by atoms with Crippen LogP contribution < -0.4 is 10.9 Å². The van der Waals surface area contributed by atoms with E-state index in [0.717, 1.165) is 36.9 Å². The molecule has 0 aliphatic heterocycles. The summed E-state index contributed by atoms with van der Waals surface area (Å²) in [6.07, 6.45) is 13.4. The molecule has 0 bridgehead atoms. The van der Waals surface area contributed by atoms with Gasteiger partial charge in [0.1, 0.15) is 18.5 Å². The van der Waals surface area contributed by atoms with Crippen LogP contribution in [0.15, 0.2) is 66.5 Å². The highest BCUT2D eigenvalue weighted by atomic mass is 16.1. The van der Waals surface area contributed by atoms with E-state index in [0.29, 0.717) is 11.6 Å². The molecule has 0 amide bonds. The van der Waals surface area contributed by atoms with Gasteiger partial charge in [0.05, 0.1) is 24.1 Å². The SMILES string of the molecule is O=c1ccc(-c2cccnc2)nn1C1CCC(Nc2cncc(-n3cncn3)n2)CC1. The minimum absolute atomic E-state index is 0.0737. The molecule has 10 nitrogen and oxygen atoms in total. The Morgan fingerprint density at radius 3 is 2.65 bits per heavy atom. The molecule has 10 heteroatoms. The maximum absolute atomic E-state index is 12.5. The summed E-state index contributed by atoms with van der Waals surface area (Å²) >= 11 is 0. The van der Waals surface area contributed by atoms with Crippen LogP contribution in [0.3, 0.4) is 0 Å². The van der Waals surface area contributed by atoms with Gasteiger partial charge in [-0.3, -0.25) is 14.8 Å². The van der Waals surface area contributed by atoms with Crippen LogP contribution in [0.5, 0.6) is 0 Å². The smallest absolute Gasteiger partial charge is 0.267 e. The first kappa shape index (κ1) is 19.0. The van der Waals surface area contributed by atoms with Gasteiger partial charge in [-0.15, -0.1) is 0 Å². The lowest BCUT2D eigenvalue weighted by Gasteiger charge is -2.30. The van der Waals surface area contributed by atoms with E-state index < -0.39 is 0 Å². The molecule has 0 radical (unpaired) electrons. The summed E-state index contributed by atoms with van der Waals surface area (Å²) in [6, 6.07) is 7.49. The summed E-state index contributed by atoms with van der Waals surface area (Å²) in [5.74, 6) is 1.31. The third-order valence-corrected chi connectivity index (χ3v) is 5.45. The van der Waals surface area contributed by atoms with Gasteiger partial charge in [-0.25, -0.2) is 19.3 Å². The molecule has 1 aliphatic rings. The first-order valence-electron chi connectivity index (χ1n) is 10.2. The second kappa shape index (κ2) is 8.42. The fourth-order valence-corrected chi connectivity index (χ4v) is 3.89. The van der Waals surface area contributed by atoms with Crippen molar-refractivity contribution in [2.24, 2.45) is 0 Å². The van der Waals surface area contributed by atoms with E-state index in [1.807, 2.05) is 12.1 Å². The van der Waals surface area contributed by atoms with E-state index in [4.69, 9.17) is 0 Å². The minimum Gasteiger partial charge on any atom is -0.366 e.